The molecule has 1 N–H and O–H groups in total. The van der Waals surface area contributed by atoms with Gasteiger partial charge in [-0.1, -0.05) is 30.9 Å². The van der Waals surface area contributed by atoms with Crippen LogP contribution in [0.25, 0.3) is 0 Å². The van der Waals surface area contributed by atoms with Crippen molar-refractivity contribution in [1.29, 1.82) is 0 Å². The average Bonchev–Trinajstić information content (AvgIpc) is 2.41. The van der Waals surface area contributed by atoms with Crippen LogP contribution in [-0.4, -0.2) is 12.5 Å². The Balaban J connectivity index is 1.97. The molecule has 1 aliphatic rings. The molecule has 1 aliphatic carbocycles. The van der Waals surface area contributed by atoms with E-state index in [1.54, 1.807) is 0 Å². The fourth-order valence-electron chi connectivity index (χ4n) is 2.42. The summed E-state index contributed by atoms with van der Waals surface area (Å²) in [6.07, 6.45) is 5.83. The summed E-state index contributed by atoms with van der Waals surface area (Å²) in [5.41, 5.74) is -0.0172. The van der Waals surface area contributed by atoms with Gasteiger partial charge in [0.05, 0.1) is 10.6 Å². The van der Waals surface area contributed by atoms with E-state index in [-0.39, 0.29) is 10.6 Å². The first-order chi connectivity index (χ1) is 9.08. The van der Waals surface area contributed by atoms with Crippen molar-refractivity contribution in [2.24, 2.45) is 5.92 Å². The molecule has 0 radical (unpaired) electrons. The summed E-state index contributed by atoms with van der Waals surface area (Å²) in [7, 11) is 0. The lowest BCUT2D eigenvalue weighted by Crippen LogP contribution is -2.30. The lowest BCUT2D eigenvalue weighted by Gasteiger charge is -2.21. The fourth-order valence-corrected chi connectivity index (χ4v) is 2.66. The highest BCUT2D eigenvalue weighted by atomic mass is 35.5. The van der Waals surface area contributed by atoms with Crippen molar-refractivity contribution in [2.45, 2.75) is 32.1 Å². The van der Waals surface area contributed by atoms with E-state index in [9.17, 15) is 13.6 Å². The largest absolute Gasteiger partial charge is 0.352 e. The molecule has 2 rings (SSSR count). The number of carbonyl (C=O) groups excluding carboxylic acids is 1. The minimum absolute atomic E-state index is 0.0172. The van der Waals surface area contributed by atoms with Crippen molar-refractivity contribution in [3.05, 3.63) is 34.4 Å². The van der Waals surface area contributed by atoms with E-state index in [1.165, 1.54) is 19.3 Å². The van der Waals surface area contributed by atoms with Gasteiger partial charge in [-0.2, -0.15) is 0 Å². The summed E-state index contributed by atoms with van der Waals surface area (Å²) in [6, 6.07) is 1.67. The molecular formula is C14H16ClF2NO. The lowest BCUT2D eigenvalue weighted by molar-refractivity contribution is 0.0943. The number of nitrogens with one attached hydrogen (secondary N) is 1. The number of amides is 1. The summed E-state index contributed by atoms with van der Waals surface area (Å²) < 4.78 is 26.0. The Labute approximate surface area is 116 Å². The van der Waals surface area contributed by atoms with E-state index >= 15 is 0 Å². The minimum Gasteiger partial charge on any atom is -0.352 e. The predicted molar refractivity (Wildman–Crippen MR) is 70.3 cm³/mol. The van der Waals surface area contributed by atoms with Crippen LogP contribution >= 0.6 is 11.6 Å². The molecule has 19 heavy (non-hydrogen) atoms. The summed E-state index contributed by atoms with van der Waals surface area (Å²) in [4.78, 5) is 11.9. The van der Waals surface area contributed by atoms with Gasteiger partial charge in [0, 0.05) is 6.54 Å². The maximum atomic E-state index is 13.1. The number of benzene rings is 1. The lowest BCUT2D eigenvalue weighted by atomic mass is 9.89. The number of hydrogen-bond donors (Lipinski definition) is 1. The second kappa shape index (κ2) is 6.33. The molecule has 5 heteroatoms. The molecule has 0 atom stereocenters. The first-order valence-electron chi connectivity index (χ1n) is 6.50. The molecule has 1 aromatic carbocycles. The zero-order valence-electron chi connectivity index (χ0n) is 10.5. The van der Waals surface area contributed by atoms with Crippen molar-refractivity contribution in [3.63, 3.8) is 0 Å². The SMILES string of the molecule is O=C(NCC1CCCCC1)c1cc(F)c(F)cc1Cl. The summed E-state index contributed by atoms with van der Waals surface area (Å²) in [6.45, 7) is 0.564. The van der Waals surface area contributed by atoms with Crippen molar-refractivity contribution in [3.8, 4) is 0 Å². The zero-order valence-corrected chi connectivity index (χ0v) is 11.3. The number of halogens is 3. The fraction of sp³-hybridized carbons (Fsp3) is 0.500. The molecule has 0 saturated heterocycles. The van der Waals surface area contributed by atoms with Crippen molar-refractivity contribution < 1.29 is 13.6 Å². The van der Waals surface area contributed by atoms with Crippen LogP contribution < -0.4 is 5.32 Å². The first kappa shape index (κ1) is 14.3. The second-order valence-electron chi connectivity index (χ2n) is 4.96. The minimum atomic E-state index is -1.06. The quantitative estimate of drug-likeness (QED) is 0.839. The maximum Gasteiger partial charge on any atom is 0.252 e. The Morgan fingerprint density at radius 1 is 1.21 bits per heavy atom. The summed E-state index contributed by atoms with van der Waals surface area (Å²) >= 11 is 5.75. The Hall–Kier alpha value is -1.16. The second-order valence-corrected chi connectivity index (χ2v) is 5.37. The van der Waals surface area contributed by atoms with Gasteiger partial charge >= 0.3 is 0 Å². The van der Waals surface area contributed by atoms with E-state index in [0.29, 0.717) is 12.5 Å². The third-order valence-corrected chi connectivity index (χ3v) is 3.84. The Kier molecular flexibility index (Phi) is 4.75. The van der Waals surface area contributed by atoms with Gasteiger partial charge in [-0.05, 0) is 30.9 Å². The van der Waals surface area contributed by atoms with Crippen molar-refractivity contribution in [2.75, 3.05) is 6.54 Å². The van der Waals surface area contributed by atoms with E-state index < -0.39 is 17.5 Å². The molecule has 0 unspecified atom stereocenters. The standard InChI is InChI=1S/C14H16ClF2NO/c15-11-7-13(17)12(16)6-10(11)14(19)18-8-9-4-2-1-3-5-9/h6-7,9H,1-5,8H2,(H,18,19). The van der Waals surface area contributed by atoms with Gasteiger partial charge < -0.3 is 5.32 Å². The molecule has 0 aliphatic heterocycles. The van der Waals surface area contributed by atoms with Crippen LogP contribution in [-0.2, 0) is 0 Å². The molecular weight excluding hydrogens is 272 g/mol. The van der Waals surface area contributed by atoms with E-state index in [0.717, 1.165) is 25.0 Å². The van der Waals surface area contributed by atoms with Crippen LogP contribution in [0.3, 0.4) is 0 Å². The molecule has 0 heterocycles. The zero-order chi connectivity index (χ0) is 13.8. The molecule has 1 amide bonds. The molecule has 104 valence electrons. The predicted octanol–water partition coefficient (Wildman–Crippen LogP) is 3.93. The van der Waals surface area contributed by atoms with E-state index in [1.807, 2.05) is 0 Å². The van der Waals surface area contributed by atoms with Crippen LogP contribution in [0.5, 0.6) is 0 Å². The average molecular weight is 288 g/mol. The van der Waals surface area contributed by atoms with Crippen LogP contribution in [0.1, 0.15) is 42.5 Å². The Morgan fingerprint density at radius 3 is 2.53 bits per heavy atom. The van der Waals surface area contributed by atoms with Gasteiger partial charge in [0.1, 0.15) is 0 Å². The number of carbonyl (C=O) groups is 1. The molecule has 2 nitrogen and oxygen atoms in total. The third kappa shape index (κ3) is 3.66. The molecule has 0 aromatic heterocycles. The Bertz CT molecular complexity index is 473. The topological polar surface area (TPSA) is 29.1 Å². The highest BCUT2D eigenvalue weighted by Crippen LogP contribution is 2.23. The monoisotopic (exact) mass is 287 g/mol. The van der Waals surface area contributed by atoms with Gasteiger partial charge in [-0.25, -0.2) is 8.78 Å². The third-order valence-electron chi connectivity index (χ3n) is 3.53. The molecule has 0 spiro atoms. The van der Waals surface area contributed by atoms with Gasteiger partial charge in [0.25, 0.3) is 5.91 Å². The number of rotatable bonds is 3. The van der Waals surface area contributed by atoms with Gasteiger partial charge in [0.2, 0.25) is 0 Å². The van der Waals surface area contributed by atoms with Crippen molar-refractivity contribution >= 4 is 17.5 Å². The van der Waals surface area contributed by atoms with Crippen molar-refractivity contribution in [1.82, 2.24) is 5.32 Å². The highest BCUT2D eigenvalue weighted by molar-refractivity contribution is 6.33. The first-order valence-corrected chi connectivity index (χ1v) is 6.88. The maximum absolute atomic E-state index is 13.1. The van der Waals surface area contributed by atoms with Gasteiger partial charge in [-0.3, -0.25) is 4.79 Å². The summed E-state index contributed by atoms with van der Waals surface area (Å²) in [5, 5.41) is 2.67. The smallest absolute Gasteiger partial charge is 0.252 e. The van der Waals surface area contributed by atoms with Gasteiger partial charge in [-0.15, -0.1) is 0 Å². The normalized spacial score (nSPS) is 16.4. The highest BCUT2D eigenvalue weighted by Gasteiger charge is 2.18. The van der Waals surface area contributed by atoms with Crippen LogP contribution in [0.2, 0.25) is 5.02 Å². The number of hydrogen-bond acceptors (Lipinski definition) is 1. The van der Waals surface area contributed by atoms with Crippen LogP contribution in [0.4, 0.5) is 8.78 Å². The molecule has 0 bridgehead atoms. The Morgan fingerprint density at radius 2 is 1.84 bits per heavy atom. The van der Waals surface area contributed by atoms with Crippen LogP contribution in [0.15, 0.2) is 12.1 Å². The summed E-state index contributed by atoms with van der Waals surface area (Å²) in [5.74, 6) is -2.09. The molecule has 1 fully saturated rings. The molecule has 1 aromatic rings. The van der Waals surface area contributed by atoms with Gasteiger partial charge in [0.15, 0.2) is 11.6 Å². The van der Waals surface area contributed by atoms with E-state index in [4.69, 9.17) is 11.6 Å². The van der Waals surface area contributed by atoms with Crippen LogP contribution in [0, 0.1) is 17.6 Å². The molecule has 1 saturated carbocycles. The van der Waals surface area contributed by atoms with E-state index in [2.05, 4.69) is 5.32 Å².